The van der Waals surface area contributed by atoms with Gasteiger partial charge in [0.25, 0.3) is 5.56 Å². The van der Waals surface area contributed by atoms with Gasteiger partial charge in [-0.1, -0.05) is 12.1 Å². The molecule has 0 aliphatic rings. The van der Waals surface area contributed by atoms with E-state index in [4.69, 9.17) is 14.7 Å². The zero-order valence-corrected chi connectivity index (χ0v) is 13.3. The van der Waals surface area contributed by atoms with E-state index in [1.807, 2.05) is 18.2 Å². The summed E-state index contributed by atoms with van der Waals surface area (Å²) in [5.41, 5.74) is 0.993. The number of rotatable bonds is 4. The predicted molar refractivity (Wildman–Crippen MR) is 89.0 cm³/mol. The molecule has 1 aromatic heterocycles. The summed E-state index contributed by atoms with van der Waals surface area (Å²) in [6.45, 7) is 0.110. The zero-order valence-electron chi connectivity index (χ0n) is 13.3. The molecule has 3 aromatic rings. The number of aromatic nitrogens is 2. The molecular formula is C18H15N3O3. The number of hydrogen-bond donors (Lipinski definition) is 0. The van der Waals surface area contributed by atoms with Crippen LogP contribution in [0.1, 0.15) is 11.4 Å². The average Bonchev–Trinajstić information content (AvgIpc) is 2.63. The van der Waals surface area contributed by atoms with Crippen LogP contribution in [-0.4, -0.2) is 16.7 Å². The molecule has 0 fully saturated rings. The SMILES string of the molecule is COc1cc(C#N)ccc1OCc1nc2ccccc2c(=O)n1C. The minimum absolute atomic E-state index is 0.110. The molecule has 0 saturated carbocycles. The number of para-hydroxylation sites is 1. The standard InChI is InChI=1S/C18H15N3O3/c1-21-17(20-14-6-4-3-5-13(14)18(21)22)11-24-15-8-7-12(10-19)9-16(15)23-2/h3-9H,11H2,1-2H3. The first kappa shape index (κ1) is 15.6. The van der Waals surface area contributed by atoms with Crippen molar-refractivity contribution in [1.29, 1.82) is 5.26 Å². The van der Waals surface area contributed by atoms with Gasteiger partial charge in [0, 0.05) is 13.1 Å². The minimum atomic E-state index is -0.119. The molecule has 0 atom stereocenters. The van der Waals surface area contributed by atoms with Gasteiger partial charge in [0.05, 0.1) is 29.6 Å². The number of fused-ring (bicyclic) bond motifs is 1. The minimum Gasteiger partial charge on any atom is -0.493 e. The molecule has 1 heterocycles. The van der Waals surface area contributed by atoms with E-state index in [0.717, 1.165) is 0 Å². The number of ether oxygens (including phenoxy) is 2. The monoisotopic (exact) mass is 321 g/mol. The van der Waals surface area contributed by atoms with Gasteiger partial charge in [-0.25, -0.2) is 4.98 Å². The smallest absolute Gasteiger partial charge is 0.261 e. The van der Waals surface area contributed by atoms with Crippen LogP contribution in [0.15, 0.2) is 47.3 Å². The van der Waals surface area contributed by atoms with E-state index in [0.29, 0.717) is 33.8 Å². The highest BCUT2D eigenvalue weighted by Crippen LogP contribution is 2.28. The zero-order chi connectivity index (χ0) is 17.1. The lowest BCUT2D eigenvalue weighted by Crippen LogP contribution is -2.23. The summed E-state index contributed by atoms with van der Waals surface area (Å²) in [6.07, 6.45) is 0. The van der Waals surface area contributed by atoms with Crippen molar-refractivity contribution < 1.29 is 9.47 Å². The second-order valence-electron chi connectivity index (χ2n) is 5.18. The van der Waals surface area contributed by atoms with E-state index >= 15 is 0 Å². The molecule has 6 heteroatoms. The topological polar surface area (TPSA) is 77.1 Å². The number of benzene rings is 2. The summed E-state index contributed by atoms with van der Waals surface area (Å²) < 4.78 is 12.4. The molecule has 0 aliphatic heterocycles. The van der Waals surface area contributed by atoms with Crippen molar-refractivity contribution in [2.24, 2.45) is 7.05 Å². The normalized spacial score (nSPS) is 10.4. The Morgan fingerprint density at radius 1 is 1.21 bits per heavy atom. The lowest BCUT2D eigenvalue weighted by Gasteiger charge is -2.13. The van der Waals surface area contributed by atoms with Gasteiger partial charge in [-0.05, 0) is 24.3 Å². The van der Waals surface area contributed by atoms with Crippen molar-refractivity contribution in [3.05, 3.63) is 64.2 Å². The van der Waals surface area contributed by atoms with E-state index < -0.39 is 0 Å². The highest BCUT2D eigenvalue weighted by Gasteiger charge is 2.11. The van der Waals surface area contributed by atoms with Crippen LogP contribution in [0.5, 0.6) is 11.5 Å². The average molecular weight is 321 g/mol. The van der Waals surface area contributed by atoms with Crippen LogP contribution < -0.4 is 15.0 Å². The third kappa shape index (κ3) is 2.79. The largest absolute Gasteiger partial charge is 0.493 e. The van der Waals surface area contributed by atoms with Gasteiger partial charge in [-0.2, -0.15) is 5.26 Å². The van der Waals surface area contributed by atoms with Crippen LogP contribution in [0.4, 0.5) is 0 Å². The summed E-state index contributed by atoms with van der Waals surface area (Å²) >= 11 is 0. The van der Waals surface area contributed by atoms with Crippen LogP contribution in [0.3, 0.4) is 0 Å². The van der Waals surface area contributed by atoms with Gasteiger partial charge in [-0.15, -0.1) is 0 Å². The van der Waals surface area contributed by atoms with Crippen LogP contribution in [0, 0.1) is 11.3 Å². The van der Waals surface area contributed by atoms with E-state index in [2.05, 4.69) is 4.98 Å². The summed E-state index contributed by atoms with van der Waals surface area (Å²) in [5, 5.41) is 9.50. The highest BCUT2D eigenvalue weighted by molar-refractivity contribution is 5.77. The van der Waals surface area contributed by atoms with Crippen molar-refractivity contribution in [2.45, 2.75) is 6.61 Å². The molecular weight excluding hydrogens is 306 g/mol. The second kappa shape index (κ2) is 6.42. The van der Waals surface area contributed by atoms with Gasteiger partial charge in [0.15, 0.2) is 11.5 Å². The highest BCUT2D eigenvalue weighted by atomic mass is 16.5. The first-order chi connectivity index (χ1) is 11.6. The number of nitrogens with zero attached hydrogens (tertiary/aromatic N) is 3. The Bertz CT molecular complexity index is 1000. The first-order valence-electron chi connectivity index (χ1n) is 7.29. The van der Waals surface area contributed by atoms with Crippen molar-refractivity contribution in [3.8, 4) is 17.6 Å². The molecule has 120 valence electrons. The molecule has 0 saturated heterocycles. The summed E-state index contributed by atoms with van der Waals surface area (Å²) in [6, 6.07) is 14.1. The molecule has 0 aliphatic carbocycles. The molecule has 24 heavy (non-hydrogen) atoms. The molecule has 3 rings (SSSR count). The Labute approximate surface area is 138 Å². The fourth-order valence-electron chi connectivity index (χ4n) is 2.39. The van der Waals surface area contributed by atoms with Crippen LogP contribution in [0.25, 0.3) is 10.9 Å². The Balaban J connectivity index is 1.93. The van der Waals surface area contributed by atoms with Crippen LogP contribution in [0.2, 0.25) is 0 Å². The summed E-state index contributed by atoms with van der Waals surface area (Å²) in [5.74, 6) is 1.45. The van der Waals surface area contributed by atoms with E-state index in [1.54, 1.807) is 37.4 Å². The maximum absolute atomic E-state index is 12.4. The van der Waals surface area contributed by atoms with E-state index in [-0.39, 0.29) is 12.2 Å². The third-order valence-electron chi connectivity index (χ3n) is 3.73. The first-order valence-corrected chi connectivity index (χ1v) is 7.29. The number of nitriles is 1. The van der Waals surface area contributed by atoms with Crippen molar-refractivity contribution in [2.75, 3.05) is 7.11 Å². The molecule has 6 nitrogen and oxygen atoms in total. The second-order valence-corrected chi connectivity index (χ2v) is 5.18. The Morgan fingerprint density at radius 2 is 2.00 bits per heavy atom. The van der Waals surface area contributed by atoms with Gasteiger partial charge in [0.1, 0.15) is 12.4 Å². The van der Waals surface area contributed by atoms with Crippen molar-refractivity contribution >= 4 is 10.9 Å². The molecule has 0 N–H and O–H groups in total. The molecule has 2 aromatic carbocycles. The molecule has 0 spiro atoms. The van der Waals surface area contributed by atoms with Crippen LogP contribution in [-0.2, 0) is 13.7 Å². The van der Waals surface area contributed by atoms with Gasteiger partial charge < -0.3 is 9.47 Å². The Morgan fingerprint density at radius 3 is 2.75 bits per heavy atom. The summed E-state index contributed by atoms with van der Waals surface area (Å²) in [7, 11) is 3.17. The quantitative estimate of drug-likeness (QED) is 0.737. The van der Waals surface area contributed by atoms with E-state index in [9.17, 15) is 4.79 Å². The maximum atomic E-state index is 12.4. The lowest BCUT2D eigenvalue weighted by molar-refractivity contribution is 0.271. The lowest BCUT2D eigenvalue weighted by atomic mass is 10.2. The molecule has 0 bridgehead atoms. The van der Waals surface area contributed by atoms with Crippen molar-refractivity contribution in [1.82, 2.24) is 9.55 Å². The summed E-state index contributed by atoms with van der Waals surface area (Å²) in [4.78, 5) is 16.9. The fraction of sp³-hybridized carbons (Fsp3) is 0.167. The third-order valence-corrected chi connectivity index (χ3v) is 3.73. The van der Waals surface area contributed by atoms with Gasteiger partial charge in [0.2, 0.25) is 0 Å². The van der Waals surface area contributed by atoms with Crippen LogP contribution >= 0.6 is 0 Å². The predicted octanol–water partition coefficient (Wildman–Crippen LogP) is 2.39. The van der Waals surface area contributed by atoms with Gasteiger partial charge in [-0.3, -0.25) is 9.36 Å². The fourth-order valence-corrected chi connectivity index (χ4v) is 2.39. The number of methoxy groups -OCH3 is 1. The Kier molecular flexibility index (Phi) is 4.17. The Hall–Kier alpha value is -3.33. The molecule has 0 radical (unpaired) electrons. The molecule has 0 amide bonds. The van der Waals surface area contributed by atoms with Crippen molar-refractivity contribution in [3.63, 3.8) is 0 Å². The van der Waals surface area contributed by atoms with E-state index in [1.165, 1.54) is 11.7 Å². The van der Waals surface area contributed by atoms with Gasteiger partial charge >= 0.3 is 0 Å². The molecule has 0 unspecified atom stereocenters. The maximum Gasteiger partial charge on any atom is 0.261 e. The number of hydrogen-bond acceptors (Lipinski definition) is 5.